The van der Waals surface area contributed by atoms with Gasteiger partial charge in [0, 0.05) is 26.2 Å². The van der Waals surface area contributed by atoms with Crippen LogP contribution in [0, 0.1) is 11.6 Å². The first kappa shape index (κ1) is 21.9. The quantitative estimate of drug-likeness (QED) is 0.720. The summed E-state index contributed by atoms with van der Waals surface area (Å²) in [4.78, 5) is 19.8. The van der Waals surface area contributed by atoms with Crippen LogP contribution in [0.2, 0.25) is 0 Å². The molecule has 2 heterocycles. The molecule has 166 valence electrons. The first-order chi connectivity index (χ1) is 15.1. The molecule has 2 aliphatic rings. The van der Waals surface area contributed by atoms with Crippen molar-refractivity contribution in [2.75, 3.05) is 39.3 Å². The number of piperazine rings is 1. The predicted molar refractivity (Wildman–Crippen MR) is 118 cm³/mol. The summed E-state index contributed by atoms with van der Waals surface area (Å²) in [5.41, 5.74) is 1.94. The molecule has 1 unspecified atom stereocenters. The number of halogens is 2. The minimum absolute atomic E-state index is 0.00953. The molecule has 0 aromatic heterocycles. The van der Waals surface area contributed by atoms with E-state index in [1.54, 1.807) is 24.3 Å². The molecule has 0 bridgehead atoms. The molecule has 2 aromatic rings. The Labute approximate surface area is 183 Å². The molecule has 0 saturated carbocycles. The van der Waals surface area contributed by atoms with Crippen molar-refractivity contribution >= 4 is 5.91 Å². The Morgan fingerprint density at radius 3 is 1.94 bits per heavy atom. The highest BCUT2D eigenvalue weighted by Crippen LogP contribution is 2.30. The molecule has 6 heteroatoms. The number of benzene rings is 2. The fourth-order valence-corrected chi connectivity index (χ4v) is 4.96. The van der Waals surface area contributed by atoms with Crippen molar-refractivity contribution in [2.45, 2.75) is 38.3 Å². The van der Waals surface area contributed by atoms with Crippen LogP contribution < -0.4 is 0 Å². The molecule has 1 atom stereocenters. The molecule has 0 aliphatic carbocycles. The van der Waals surface area contributed by atoms with Crippen molar-refractivity contribution in [1.29, 1.82) is 0 Å². The standard InChI is InChI=1S/C25H31F2N3O/c1-2-28-14-4-3-5-23(28)25(31)30-17-15-29(16-18-30)24(19-6-10-21(26)11-7-19)20-8-12-22(27)13-9-20/h6-13,23-24H,2-5,14-18H2,1H3. The van der Waals surface area contributed by atoms with Gasteiger partial charge in [0.1, 0.15) is 11.6 Å². The highest BCUT2D eigenvalue weighted by Gasteiger charge is 2.34. The van der Waals surface area contributed by atoms with Gasteiger partial charge in [-0.3, -0.25) is 14.6 Å². The van der Waals surface area contributed by atoms with Gasteiger partial charge >= 0.3 is 0 Å². The molecule has 0 spiro atoms. The lowest BCUT2D eigenvalue weighted by Gasteiger charge is -2.42. The molecular formula is C25H31F2N3O. The zero-order valence-electron chi connectivity index (χ0n) is 18.1. The molecule has 1 amide bonds. The Morgan fingerprint density at radius 2 is 1.42 bits per heavy atom. The number of hydrogen-bond acceptors (Lipinski definition) is 3. The molecular weight excluding hydrogens is 396 g/mol. The number of rotatable bonds is 5. The average Bonchev–Trinajstić information content (AvgIpc) is 2.81. The number of piperidine rings is 1. The summed E-state index contributed by atoms with van der Waals surface area (Å²) in [5, 5.41) is 0. The summed E-state index contributed by atoms with van der Waals surface area (Å²) >= 11 is 0. The first-order valence-corrected chi connectivity index (χ1v) is 11.3. The zero-order valence-corrected chi connectivity index (χ0v) is 18.1. The number of likely N-dealkylation sites (N-methyl/N-ethyl adjacent to an activating group) is 1. The Morgan fingerprint density at radius 1 is 0.871 bits per heavy atom. The number of carbonyl (C=O) groups excluding carboxylic acids is 1. The van der Waals surface area contributed by atoms with Crippen LogP contribution in [-0.4, -0.2) is 65.9 Å². The van der Waals surface area contributed by atoms with Gasteiger partial charge in [-0.2, -0.15) is 0 Å². The van der Waals surface area contributed by atoms with Crippen LogP contribution in [0.25, 0.3) is 0 Å². The number of hydrogen-bond donors (Lipinski definition) is 0. The lowest BCUT2D eigenvalue weighted by molar-refractivity contribution is -0.140. The molecule has 2 aromatic carbocycles. The fraction of sp³-hybridized carbons (Fsp3) is 0.480. The van der Waals surface area contributed by atoms with E-state index in [0.717, 1.165) is 50.1 Å². The van der Waals surface area contributed by atoms with Crippen LogP contribution >= 0.6 is 0 Å². The largest absolute Gasteiger partial charge is 0.339 e. The molecule has 2 aliphatic heterocycles. The lowest BCUT2D eigenvalue weighted by Crippen LogP contribution is -2.56. The fourth-order valence-electron chi connectivity index (χ4n) is 4.96. The van der Waals surface area contributed by atoms with Gasteiger partial charge in [-0.15, -0.1) is 0 Å². The van der Waals surface area contributed by atoms with E-state index in [1.807, 2.05) is 4.90 Å². The number of likely N-dealkylation sites (tertiary alicyclic amines) is 1. The maximum absolute atomic E-state index is 13.5. The molecule has 31 heavy (non-hydrogen) atoms. The number of carbonyl (C=O) groups is 1. The third-order valence-corrected chi connectivity index (χ3v) is 6.67. The maximum Gasteiger partial charge on any atom is 0.240 e. The minimum Gasteiger partial charge on any atom is -0.339 e. The van der Waals surface area contributed by atoms with Gasteiger partial charge in [-0.1, -0.05) is 37.6 Å². The van der Waals surface area contributed by atoms with Crippen molar-refractivity contribution in [2.24, 2.45) is 0 Å². The normalized spacial score (nSPS) is 20.9. The monoisotopic (exact) mass is 427 g/mol. The highest BCUT2D eigenvalue weighted by atomic mass is 19.1. The summed E-state index contributed by atoms with van der Waals surface area (Å²) in [6, 6.07) is 13.0. The lowest BCUT2D eigenvalue weighted by atomic mass is 9.96. The predicted octanol–water partition coefficient (Wildman–Crippen LogP) is 4.07. The third-order valence-electron chi connectivity index (χ3n) is 6.67. The van der Waals surface area contributed by atoms with E-state index in [4.69, 9.17) is 0 Å². The topological polar surface area (TPSA) is 26.8 Å². The smallest absolute Gasteiger partial charge is 0.240 e. The summed E-state index contributed by atoms with van der Waals surface area (Å²) in [5.74, 6) is -0.295. The van der Waals surface area contributed by atoms with E-state index < -0.39 is 0 Å². The van der Waals surface area contributed by atoms with Gasteiger partial charge in [0.25, 0.3) is 0 Å². The van der Waals surface area contributed by atoms with Crippen LogP contribution in [0.4, 0.5) is 8.78 Å². The Hall–Kier alpha value is -2.31. The van der Waals surface area contributed by atoms with Crippen molar-refractivity contribution in [3.63, 3.8) is 0 Å². The van der Waals surface area contributed by atoms with Gasteiger partial charge in [-0.25, -0.2) is 8.78 Å². The highest BCUT2D eigenvalue weighted by molar-refractivity contribution is 5.82. The van der Waals surface area contributed by atoms with Gasteiger partial charge < -0.3 is 4.90 Å². The maximum atomic E-state index is 13.5. The summed E-state index contributed by atoms with van der Waals surface area (Å²) in [7, 11) is 0. The number of amides is 1. The van der Waals surface area contributed by atoms with Crippen LogP contribution in [-0.2, 0) is 4.79 Å². The van der Waals surface area contributed by atoms with Crippen LogP contribution in [0.15, 0.2) is 48.5 Å². The second-order valence-electron chi connectivity index (χ2n) is 8.51. The molecule has 0 radical (unpaired) electrons. The van der Waals surface area contributed by atoms with E-state index in [-0.39, 0.29) is 29.6 Å². The second-order valence-corrected chi connectivity index (χ2v) is 8.51. The second kappa shape index (κ2) is 9.88. The van der Waals surface area contributed by atoms with E-state index in [9.17, 15) is 13.6 Å². The molecule has 4 rings (SSSR count). The Kier molecular flexibility index (Phi) is 6.98. The van der Waals surface area contributed by atoms with Crippen LogP contribution in [0.1, 0.15) is 43.4 Å². The SMILES string of the molecule is CCN1CCCCC1C(=O)N1CCN(C(c2ccc(F)cc2)c2ccc(F)cc2)CC1. The van der Waals surface area contributed by atoms with E-state index >= 15 is 0 Å². The molecule has 4 nitrogen and oxygen atoms in total. The minimum atomic E-state index is -0.273. The van der Waals surface area contributed by atoms with Gasteiger partial charge in [-0.05, 0) is 61.3 Å². The summed E-state index contributed by atoms with van der Waals surface area (Å²) < 4.78 is 27.0. The Balaban J connectivity index is 1.49. The molecule has 2 fully saturated rings. The van der Waals surface area contributed by atoms with E-state index in [2.05, 4.69) is 16.7 Å². The van der Waals surface area contributed by atoms with Gasteiger partial charge in [0.05, 0.1) is 12.1 Å². The molecule has 0 N–H and O–H groups in total. The van der Waals surface area contributed by atoms with Crippen molar-refractivity contribution in [3.8, 4) is 0 Å². The van der Waals surface area contributed by atoms with E-state index in [0.29, 0.717) is 13.1 Å². The van der Waals surface area contributed by atoms with Crippen molar-refractivity contribution in [1.82, 2.24) is 14.7 Å². The van der Waals surface area contributed by atoms with Crippen molar-refractivity contribution in [3.05, 3.63) is 71.3 Å². The summed E-state index contributed by atoms with van der Waals surface area (Å²) in [6.45, 7) is 6.84. The third kappa shape index (κ3) is 4.96. The first-order valence-electron chi connectivity index (χ1n) is 11.3. The van der Waals surface area contributed by atoms with Crippen molar-refractivity contribution < 1.29 is 13.6 Å². The molecule has 2 saturated heterocycles. The van der Waals surface area contributed by atoms with Gasteiger partial charge in [0.2, 0.25) is 5.91 Å². The van der Waals surface area contributed by atoms with Crippen LogP contribution in [0.3, 0.4) is 0 Å². The van der Waals surface area contributed by atoms with Crippen LogP contribution in [0.5, 0.6) is 0 Å². The van der Waals surface area contributed by atoms with E-state index in [1.165, 1.54) is 30.7 Å². The Bertz CT molecular complexity index is 818. The average molecular weight is 428 g/mol. The van der Waals surface area contributed by atoms with Gasteiger partial charge in [0.15, 0.2) is 0 Å². The summed E-state index contributed by atoms with van der Waals surface area (Å²) in [6.07, 6.45) is 3.23. The number of nitrogens with zero attached hydrogens (tertiary/aromatic N) is 3. The zero-order chi connectivity index (χ0) is 21.8.